The Kier molecular flexibility index (Phi) is 4.56. The molecule has 0 unspecified atom stereocenters. The summed E-state index contributed by atoms with van der Waals surface area (Å²) in [7, 11) is 0. The van der Waals surface area contributed by atoms with Gasteiger partial charge in [0.25, 0.3) is 0 Å². The molecule has 0 aliphatic carbocycles. The van der Waals surface area contributed by atoms with Crippen LogP contribution in [0.2, 0.25) is 0 Å². The van der Waals surface area contributed by atoms with Gasteiger partial charge in [-0.15, -0.1) is 0 Å². The van der Waals surface area contributed by atoms with E-state index in [4.69, 9.17) is 4.74 Å². The highest BCUT2D eigenvalue weighted by Gasteiger charge is 2.02. The summed E-state index contributed by atoms with van der Waals surface area (Å²) >= 11 is 0. The first-order chi connectivity index (χ1) is 9.52. The molecular weight excluding hydrogens is 260 g/mol. The van der Waals surface area contributed by atoms with Crippen LogP contribution in [0, 0.1) is 11.6 Å². The molecule has 20 heavy (non-hydrogen) atoms. The number of halogens is 2. The second-order valence-electron chi connectivity index (χ2n) is 4.83. The van der Waals surface area contributed by atoms with Gasteiger partial charge in [-0.25, -0.2) is 8.78 Å². The Hall–Kier alpha value is -2.10. The molecule has 4 heteroatoms. The van der Waals surface area contributed by atoms with Crippen LogP contribution >= 0.6 is 0 Å². The summed E-state index contributed by atoms with van der Waals surface area (Å²) in [5, 5.41) is 2.99. The zero-order chi connectivity index (χ0) is 14.5. The van der Waals surface area contributed by atoms with Gasteiger partial charge in [-0.2, -0.15) is 0 Å². The lowest BCUT2D eigenvalue weighted by molar-refractivity contribution is 0.242. The summed E-state index contributed by atoms with van der Waals surface area (Å²) in [5.74, 6) is -0.404. The smallest absolute Gasteiger partial charge is 0.128 e. The molecule has 0 fully saturated rings. The van der Waals surface area contributed by atoms with E-state index >= 15 is 0 Å². The Balaban J connectivity index is 2.03. The molecule has 0 amide bonds. The topological polar surface area (TPSA) is 21.3 Å². The van der Waals surface area contributed by atoms with Crippen molar-refractivity contribution in [3.8, 4) is 5.75 Å². The molecule has 2 aromatic rings. The number of benzene rings is 2. The van der Waals surface area contributed by atoms with E-state index in [9.17, 15) is 8.78 Å². The van der Waals surface area contributed by atoms with Gasteiger partial charge in [0.05, 0.1) is 6.10 Å². The van der Waals surface area contributed by atoms with Gasteiger partial charge in [0.1, 0.15) is 17.4 Å². The molecule has 0 aromatic heterocycles. The maximum Gasteiger partial charge on any atom is 0.128 e. The average molecular weight is 277 g/mol. The first-order valence-corrected chi connectivity index (χ1v) is 6.48. The standard InChI is InChI=1S/C16H17F2NO/c1-11(2)20-16-5-3-4-12(6-16)10-19-15-8-13(17)7-14(18)9-15/h3-9,11,19H,10H2,1-2H3. The lowest BCUT2D eigenvalue weighted by Crippen LogP contribution is -2.06. The molecule has 0 heterocycles. The van der Waals surface area contributed by atoms with Crippen LogP contribution in [0.1, 0.15) is 19.4 Å². The largest absolute Gasteiger partial charge is 0.491 e. The molecular formula is C16H17F2NO. The molecule has 1 N–H and O–H groups in total. The molecule has 0 spiro atoms. The van der Waals surface area contributed by atoms with Crippen LogP contribution < -0.4 is 10.1 Å². The van der Waals surface area contributed by atoms with Gasteiger partial charge >= 0.3 is 0 Å². The first-order valence-electron chi connectivity index (χ1n) is 6.48. The highest BCUT2D eigenvalue weighted by atomic mass is 19.1. The van der Waals surface area contributed by atoms with Crippen LogP contribution in [-0.2, 0) is 6.54 Å². The average Bonchev–Trinajstić information content (AvgIpc) is 2.35. The maximum absolute atomic E-state index is 13.1. The quantitative estimate of drug-likeness (QED) is 0.876. The third-order valence-corrected chi connectivity index (χ3v) is 2.63. The zero-order valence-corrected chi connectivity index (χ0v) is 11.5. The van der Waals surface area contributed by atoms with Crippen LogP contribution in [0.3, 0.4) is 0 Å². The van der Waals surface area contributed by atoms with E-state index in [0.717, 1.165) is 17.4 Å². The van der Waals surface area contributed by atoms with Crippen LogP contribution in [0.4, 0.5) is 14.5 Å². The van der Waals surface area contributed by atoms with E-state index < -0.39 is 11.6 Å². The molecule has 2 aromatic carbocycles. The van der Waals surface area contributed by atoms with Crippen LogP contribution in [0.15, 0.2) is 42.5 Å². The molecule has 0 bridgehead atoms. The van der Waals surface area contributed by atoms with Crippen molar-refractivity contribution in [2.24, 2.45) is 0 Å². The predicted octanol–water partition coefficient (Wildman–Crippen LogP) is 4.36. The first kappa shape index (κ1) is 14.3. The van der Waals surface area contributed by atoms with Crippen molar-refractivity contribution in [3.63, 3.8) is 0 Å². The molecule has 0 atom stereocenters. The van der Waals surface area contributed by atoms with Crippen molar-refractivity contribution in [1.29, 1.82) is 0 Å². The van der Waals surface area contributed by atoms with Gasteiger partial charge in [0.15, 0.2) is 0 Å². The fourth-order valence-corrected chi connectivity index (χ4v) is 1.86. The number of ether oxygens (including phenoxy) is 1. The van der Waals surface area contributed by atoms with Crippen LogP contribution in [-0.4, -0.2) is 6.10 Å². The molecule has 0 saturated carbocycles. The van der Waals surface area contributed by atoms with Crippen molar-refractivity contribution < 1.29 is 13.5 Å². The molecule has 0 radical (unpaired) electrons. The Morgan fingerprint density at radius 2 is 1.75 bits per heavy atom. The summed E-state index contributed by atoms with van der Waals surface area (Å²) in [6.07, 6.45) is 0.107. The molecule has 0 aliphatic heterocycles. The lowest BCUT2D eigenvalue weighted by atomic mass is 10.2. The van der Waals surface area contributed by atoms with Gasteiger partial charge in [-0.05, 0) is 43.7 Å². The van der Waals surface area contributed by atoms with Crippen LogP contribution in [0.5, 0.6) is 5.75 Å². The Labute approximate surface area is 117 Å². The molecule has 2 rings (SSSR count). The van der Waals surface area contributed by atoms with Crippen molar-refractivity contribution in [1.82, 2.24) is 0 Å². The summed E-state index contributed by atoms with van der Waals surface area (Å²) in [6, 6.07) is 11.0. The predicted molar refractivity (Wildman–Crippen MR) is 75.9 cm³/mol. The summed E-state index contributed by atoms with van der Waals surface area (Å²) < 4.78 is 31.7. The van der Waals surface area contributed by atoms with Gasteiger partial charge in [0.2, 0.25) is 0 Å². The zero-order valence-electron chi connectivity index (χ0n) is 11.5. The lowest BCUT2D eigenvalue weighted by Gasteiger charge is -2.12. The molecule has 0 saturated heterocycles. The minimum Gasteiger partial charge on any atom is -0.491 e. The van der Waals surface area contributed by atoms with Crippen molar-refractivity contribution in [2.75, 3.05) is 5.32 Å². The highest BCUT2D eigenvalue weighted by molar-refractivity contribution is 5.44. The summed E-state index contributed by atoms with van der Waals surface area (Å²) in [6.45, 7) is 4.39. The monoisotopic (exact) mass is 277 g/mol. The van der Waals surface area contributed by atoms with Gasteiger partial charge in [-0.3, -0.25) is 0 Å². The van der Waals surface area contributed by atoms with E-state index in [2.05, 4.69) is 5.32 Å². The minimum atomic E-state index is -0.593. The second-order valence-corrected chi connectivity index (χ2v) is 4.83. The number of hydrogen-bond acceptors (Lipinski definition) is 2. The second kappa shape index (κ2) is 6.37. The maximum atomic E-state index is 13.1. The third kappa shape index (κ3) is 4.23. The van der Waals surface area contributed by atoms with Crippen molar-refractivity contribution in [2.45, 2.75) is 26.5 Å². The SMILES string of the molecule is CC(C)Oc1cccc(CNc2cc(F)cc(F)c2)c1. The number of anilines is 1. The van der Waals surface area contributed by atoms with E-state index in [-0.39, 0.29) is 6.10 Å². The van der Waals surface area contributed by atoms with E-state index in [1.165, 1.54) is 12.1 Å². The van der Waals surface area contributed by atoms with E-state index in [1.807, 2.05) is 38.1 Å². The fourth-order valence-electron chi connectivity index (χ4n) is 1.86. The van der Waals surface area contributed by atoms with Gasteiger partial charge < -0.3 is 10.1 Å². The highest BCUT2D eigenvalue weighted by Crippen LogP contribution is 2.17. The molecule has 106 valence electrons. The summed E-state index contributed by atoms with van der Waals surface area (Å²) in [5.41, 5.74) is 1.39. The third-order valence-electron chi connectivity index (χ3n) is 2.63. The van der Waals surface area contributed by atoms with Crippen LogP contribution in [0.25, 0.3) is 0 Å². The Bertz CT molecular complexity index is 564. The normalized spacial score (nSPS) is 10.7. The van der Waals surface area contributed by atoms with Crippen molar-refractivity contribution >= 4 is 5.69 Å². The summed E-state index contributed by atoms with van der Waals surface area (Å²) in [4.78, 5) is 0. The number of rotatable bonds is 5. The minimum absolute atomic E-state index is 0.107. The Morgan fingerprint density at radius 1 is 1.05 bits per heavy atom. The van der Waals surface area contributed by atoms with Gasteiger partial charge in [-0.1, -0.05) is 12.1 Å². The molecule has 0 aliphatic rings. The Morgan fingerprint density at radius 3 is 2.40 bits per heavy atom. The molecule has 2 nitrogen and oxygen atoms in total. The van der Waals surface area contributed by atoms with Crippen molar-refractivity contribution in [3.05, 3.63) is 59.7 Å². The fraction of sp³-hybridized carbons (Fsp3) is 0.250. The van der Waals surface area contributed by atoms with E-state index in [0.29, 0.717) is 12.2 Å². The van der Waals surface area contributed by atoms with Gasteiger partial charge in [0, 0.05) is 18.3 Å². The number of nitrogens with one attached hydrogen (secondary N) is 1. The number of hydrogen-bond donors (Lipinski definition) is 1. The van der Waals surface area contributed by atoms with E-state index in [1.54, 1.807) is 0 Å².